The van der Waals surface area contributed by atoms with E-state index >= 15 is 0 Å². The van der Waals surface area contributed by atoms with E-state index in [0.29, 0.717) is 25.3 Å². The van der Waals surface area contributed by atoms with Gasteiger partial charge in [-0.25, -0.2) is 0 Å². The largest absolute Gasteiger partial charge is 0.490 e. The van der Waals surface area contributed by atoms with Gasteiger partial charge in [0.15, 0.2) is 11.5 Å². The number of aliphatic hydroxyl groups is 1. The van der Waals surface area contributed by atoms with E-state index in [4.69, 9.17) is 9.47 Å². The maximum absolute atomic E-state index is 11.2. The van der Waals surface area contributed by atoms with Crippen molar-refractivity contribution in [3.63, 3.8) is 0 Å². The van der Waals surface area contributed by atoms with Crippen LogP contribution in [0.1, 0.15) is 44.1 Å². The fourth-order valence-electron chi connectivity index (χ4n) is 4.02. The molecule has 4 nitrogen and oxygen atoms in total. The fourth-order valence-corrected chi connectivity index (χ4v) is 4.02. The number of hydrogen-bond acceptors (Lipinski definition) is 4. The van der Waals surface area contributed by atoms with E-state index in [-0.39, 0.29) is 0 Å². The van der Waals surface area contributed by atoms with Gasteiger partial charge in [-0.2, -0.15) is 0 Å². The molecular weight excluding hydrogens is 266 g/mol. The summed E-state index contributed by atoms with van der Waals surface area (Å²) < 4.78 is 11.4. The monoisotopic (exact) mass is 289 g/mol. The van der Waals surface area contributed by atoms with Gasteiger partial charge in [0.2, 0.25) is 0 Å². The smallest absolute Gasteiger partial charge is 0.161 e. The predicted octanol–water partition coefficient (Wildman–Crippen LogP) is 2.34. The molecule has 2 saturated heterocycles. The molecule has 3 heterocycles. The Balaban J connectivity index is 1.64. The Bertz CT molecular complexity index is 519. The van der Waals surface area contributed by atoms with Gasteiger partial charge in [-0.3, -0.25) is 0 Å². The number of benzene rings is 1. The number of fused-ring (bicyclic) bond motifs is 3. The highest BCUT2D eigenvalue weighted by Gasteiger charge is 2.42. The molecule has 0 spiro atoms. The lowest BCUT2D eigenvalue weighted by molar-refractivity contribution is -0.0360. The van der Waals surface area contributed by atoms with Gasteiger partial charge in [-0.05, 0) is 43.4 Å². The van der Waals surface area contributed by atoms with Crippen molar-refractivity contribution in [2.75, 3.05) is 13.2 Å². The van der Waals surface area contributed by atoms with Crippen molar-refractivity contribution in [1.82, 2.24) is 5.32 Å². The quantitative estimate of drug-likeness (QED) is 0.833. The van der Waals surface area contributed by atoms with Gasteiger partial charge >= 0.3 is 0 Å². The number of nitrogens with one attached hydrogen (secondary N) is 1. The molecule has 0 aliphatic carbocycles. The Morgan fingerprint density at radius 2 is 1.71 bits per heavy atom. The molecule has 1 aromatic rings. The normalized spacial score (nSPS) is 35.1. The first-order chi connectivity index (χ1) is 10.2. The van der Waals surface area contributed by atoms with E-state index in [9.17, 15) is 5.11 Å². The first-order valence-corrected chi connectivity index (χ1v) is 8.11. The third-order valence-corrected chi connectivity index (χ3v) is 5.03. The molecule has 2 bridgehead atoms. The van der Waals surface area contributed by atoms with Crippen LogP contribution in [-0.2, 0) is 5.60 Å². The van der Waals surface area contributed by atoms with Crippen LogP contribution in [0, 0.1) is 0 Å². The van der Waals surface area contributed by atoms with E-state index in [1.807, 2.05) is 18.2 Å². The summed E-state index contributed by atoms with van der Waals surface area (Å²) in [5, 5.41) is 14.8. The molecule has 114 valence electrons. The Morgan fingerprint density at radius 3 is 2.48 bits per heavy atom. The average Bonchev–Trinajstić information content (AvgIpc) is 2.71. The lowest BCUT2D eigenvalue weighted by Gasteiger charge is -2.45. The van der Waals surface area contributed by atoms with Gasteiger partial charge in [0.1, 0.15) is 0 Å². The highest BCUT2D eigenvalue weighted by Crippen LogP contribution is 2.42. The Morgan fingerprint density at radius 1 is 1.00 bits per heavy atom. The first-order valence-electron chi connectivity index (χ1n) is 8.11. The van der Waals surface area contributed by atoms with Crippen molar-refractivity contribution < 1.29 is 14.6 Å². The second-order valence-electron chi connectivity index (χ2n) is 6.64. The van der Waals surface area contributed by atoms with Crippen LogP contribution >= 0.6 is 0 Å². The van der Waals surface area contributed by atoms with Crippen LogP contribution < -0.4 is 14.8 Å². The molecule has 1 aromatic carbocycles. The van der Waals surface area contributed by atoms with Gasteiger partial charge < -0.3 is 19.9 Å². The molecule has 0 amide bonds. The third kappa shape index (κ3) is 2.51. The van der Waals surface area contributed by atoms with E-state index < -0.39 is 5.60 Å². The molecule has 2 fully saturated rings. The second-order valence-corrected chi connectivity index (χ2v) is 6.64. The van der Waals surface area contributed by atoms with Crippen LogP contribution in [0.25, 0.3) is 0 Å². The van der Waals surface area contributed by atoms with Crippen LogP contribution in [0.4, 0.5) is 0 Å². The molecule has 4 heteroatoms. The van der Waals surface area contributed by atoms with Crippen LogP contribution in [-0.4, -0.2) is 30.4 Å². The molecule has 2 unspecified atom stereocenters. The summed E-state index contributed by atoms with van der Waals surface area (Å²) in [6.45, 7) is 1.38. The van der Waals surface area contributed by atoms with Crippen molar-refractivity contribution in [3.8, 4) is 11.5 Å². The number of hydrogen-bond donors (Lipinski definition) is 2. The van der Waals surface area contributed by atoms with Crippen LogP contribution in [0.2, 0.25) is 0 Å². The summed E-state index contributed by atoms with van der Waals surface area (Å²) in [6.07, 6.45) is 6.11. The molecule has 4 rings (SSSR count). The summed E-state index contributed by atoms with van der Waals surface area (Å²) >= 11 is 0. The van der Waals surface area contributed by atoms with Crippen LogP contribution in [0.5, 0.6) is 11.5 Å². The minimum Gasteiger partial charge on any atom is -0.490 e. The standard InChI is InChI=1S/C17H23NO3/c19-17(10-13-3-1-4-14(11-17)18-13)12-5-6-15-16(9-12)21-8-2-7-20-15/h5-6,9,13-14,18-19H,1-4,7-8,10-11H2. The van der Waals surface area contributed by atoms with Crippen molar-refractivity contribution >= 4 is 0 Å². The molecule has 2 atom stereocenters. The summed E-state index contributed by atoms with van der Waals surface area (Å²) in [5.41, 5.74) is 0.247. The minimum atomic E-state index is -0.730. The lowest BCUT2D eigenvalue weighted by Crippen LogP contribution is -2.54. The SMILES string of the molecule is OC1(c2ccc3c(c2)OCCCO3)CC2CCCC(C1)N2. The fraction of sp³-hybridized carbons (Fsp3) is 0.647. The highest BCUT2D eigenvalue weighted by atomic mass is 16.5. The van der Waals surface area contributed by atoms with Crippen LogP contribution in [0.15, 0.2) is 18.2 Å². The average molecular weight is 289 g/mol. The first kappa shape index (κ1) is 13.4. The lowest BCUT2D eigenvalue weighted by atomic mass is 9.74. The molecule has 3 aliphatic heterocycles. The molecule has 21 heavy (non-hydrogen) atoms. The summed E-state index contributed by atoms with van der Waals surface area (Å²) in [6, 6.07) is 6.83. The summed E-state index contributed by atoms with van der Waals surface area (Å²) in [7, 11) is 0. The third-order valence-electron chi connectivity index (χ3n) is 5.03. The second kappa shape index (κ2) is 5.18. The molecule has 2 N–H and O–H groups in total. The van der Waals surface area contributed by atoms with Crippen LogP contribution in [0.3, 0.4) is 0 Å². The van der Waals surface area contributed by atoms with Gasteiger partial charge in [-0.1, -0.05) is 12.5 Å². The van der Waals surface area contributed by atoms with Crippen molar-refractivity contribution in [3.05, 3.63) is 23.8 Å². The number of piperidine rings is 2. The summed E-state index contributed by atoms with van der Waals surface area (Å²) in [4.78, 5) is 0. The summed E-state index contributed by atoms with van der Waals surface area (Å²) in [5.74, 6) is 1.58. The van der Waals surface area contributed by atoms with Gasteiger partial charge in [-0.15, -0.1) is 0 Å². The minimum absolute atomic E-state index is 0.443. The Labute approximate surface area is 125 Å². The van der Waals surface area contributed by atoms with E-state index in [0.717, 1.165) is 36.3 Å². The number of ether oxygens (including phenoxy) is 2. The van der Waals surface area contributed by atoms with Gasteiger partial charge in [0.25, 0.3) is 0 Å². The van der Waals surface area contributed by atoms with E-state index in [1.165, 1.54) is 19.3 Å². The van der Waals surface area contributed by atoms with E-state index in [1.54, 1.807) is 0 Å². The predicted molar refractivity (Wildman–Crippen MR) is 79.7 cm³/mol. The van der Waals surface area contributed by atoms with E-state index in [2.05, 4.69) is 5.32 Å². The molecule has 0 radical (unpaired) electrons. The molecule has 0 aromatic heterocycles. The zero-order valence-corrected chi connectivity index (χ0v) is 12.3. The topological polar surface area (TPSA) is 50.7 Å². The van der Waals surface area contributed by atoms with Gasteiger partial charge in [0, 0.05) is 18.5 Å². The maximum Gasteiger partial charge on any atom is 0.161 e. The Kier molecular flexibility index (Phi) is 3.31. The molecule has 0 saturated carbocycles. The maximum atomic E-state index is 11.2. The van der Waals surface area contributed by atoms with Crippen molar-refractivity contribution in [2.24, 2.45) is 0 Å². The van der Waals surface area contributed by atoms with Crippen molar-refractivity contribution in [2.45, 2.75) is 56.2 Å². The highest BCUT2D eigenvalue weighted by molar-refractivity contribution is 5.45. The molecular formula is C17H23NO3. The zero-order valence-electron chi connectivity index (χ0n) is 12.3. The zero-order chi connectivity index (χ0) is 14.3. The Hall–Kier alpha value is -1.26. The van der Waals surface area contributed by atoms with Crippen molar-refractivity contribution in [1.29, 1.82) is 0 Å². The number of rotatable bonds is 1. The molecule has 3 aliphatic rings. The van der Waals surface area contributed by atoms with Gasteiger partial charge in [0.05, 0.1) is 18.8 Å².